The molecular formula is C26H34O4. The van der Waals surface area contributed by atoms with Crippen molar-refractivity contribution in [3.8, 4) is 11.5 Å². The Morgan fingerprint density at radius 1 is 1.10 bits per heavy atom. The molecule has 4 heteroatoms. The van der Waals surface area contributed by atoms with Crippen LogP contribution >= 0.6 is 0 Å². The van der Waals surface area contributed by atoms with Crippen LogP contribution in [0.5, 0.6) is 11.5 Å². The third kappa shape index (κ3) is 6.65. The van der Waals surface area contributed by atoms with Crippen LogP contribution in [0.4, 0.5) is 0 Å². The molecule has 0 heterocycles. The number of carbonyl (C=O) groups is 1. The molecule has 0 aliphatic rings. The molecule has 1 atom stereocenters. The normalized spacial score (nSPS) is 11.7. The molecular weight excluding hydrogens is 376 g/mol. The molecule has 0 aromatic heterocycles. The van der Waals surface area contributed by atoms with Crippen LogP contribution in [0.3, 0.4) is 0 Å². The van der Waals surface area contributed by atoms with E-state index in [-0.39, 0.29) is 11.3 Å². The lowest BCUT2D eigenvalue weighted by molar-refractivity contribution is 0.0692. The van der Waals surface area contributed by atoms with Crippen LogP contribution in [-0.2, 0) is 19.3 Å². The van der Waals surface area contributed by atoms with E-state index in [9.17, 15) is 15.0 Å². The van der Waals surface area contributed by atoms with E-state index in [2.05, 4.69) is 26.8 Å². The Morgan fingerprint density at radius 3 is 2.40 bits per heavy atom. The van der Waals surface area contributed by atoms with E-state index < -0.39 is 5.97 Å². The third-order valence-corrected chi connectivity index (χ3v) is 5.51. The summed E-state index contributed by atoms with van der Waals surface area (Å²) in [5.74, 6) is -0.217. The van der Waals surface area contributed by atoms with Gasteiger partial charge in [-0.15, -0.1) is 0 Å². The van der Waals surface area contributed by atoms with Gasteiger partial charge in [-0.1, -0.05) is 48.9 Å². The SMILES string of the molecule is COc1cc(CCc2ccccc2)c(C(=O)O)c(O)c1CC[C@H](C)CCC=C(C)C. The van der Waals surface area contributed by atoms with Crippen LogP contribution in [0, 0.1) is 5.92 Å². The highest BCUT2D eigenvalue weighted by Gasteiger charge is 2.23. The van der Waals surface area contributed by atoms with Crippen molar-refractivity contribution in [2.75, 3.05) is 7.11 Å². The molecule has 0 aliphatic carbocycles. The number of aryl methyl sites for hydroxylation is 2. The van der Waals surface area contributed by atoms with Crippen LogP contribution in [0.1, 0.15) is 67.1 Å². The Bertz CT molecular complexity index is 864. The molecule has 0 aliphatic heterocycles. The number of aromatic carboxylic acids is 1. The first-order chi connectivity index (χ1) is 14.3. The van der Waals surface area contributed by atoms with E-state index in [4.69, 9.17) is 4.74 Å². The Hall–Kier alpha value is -2.75. The van der Waals surface area contributed by atoms with Gasteiger partial charge in [0.1, 0.15) is 17.1 Å². The topological polar surface area (TPSA) is 66.8 Å². The van der Waals surface area contributed by atoms with E-state index in [0.717, 1.165) is 24.8 Å². The maximum atomic E-state index is 11.9. The largest absolute Gasteiger partial charge is 0.507 e. The number of hydrogen-bond donors (Lipinski definition) is 2. The lowest BCUT2D eigenvalue weighted by atomic mass is 9.91. The average Bonchev–Trinajstić information content (AvgIpc) is 2.71. The number of carboxylic acids is 1. The first-order valence-electron chi connectivity index (χ1n) is 10.7. The van der Waals surface area contributed by atoms with Crippen molar-refractivity contribution in [2.45, 2.75) is 59.3 Å². The van der Waals surface area contributed by atoms with Gasteiger partial charge in [-0.3, -0.25) is 0 Å². The van der Waals surface area contributed by atoms with Crippen LogP contribution < -0.4 is 4.74 Å². The van der Waals surface area contributed by atoms with Crippen molar-refractivity contribution < 1.29 is 19.7 Å². The monoisotopic (exact) mass is 410 g/mol. The molecule has 0 bridgehead atoms. The van der Waals surface area contributed by atoms with E-state index in [1.165, 1.54) is 5.57 Å². The summed E-state index contributed by atoms with van der Waals surface area (Å²) in [6.45, 7) is 6.38. The van der Waals surface area contributed by atoms with Crippen LogP contribution in [0.2, 0.25) is 0 Å². The van der Waals surface area contributed by atoms with E-state index in [1.54, 1.807) is 13.2 Å². The number of allylic oxidation sites excluding steroid dienone is 2. The summed E-state index contributed by atoms with van der Waals surface area (Å²) in [6.07, 6.45) is 7.01. The molecule has 0 spiro atoms. The van der Waals surface area contributed by atoms with Gasteiger partial charge in [-0.05, 0) is 75.5 Å². The molecule has 0 saturated heterocycles. The summed E-state index contributed by atoms with van der Waals surface area (Å²) in [5.41, 5.74) is 3.63. The van der Waals surface area contributed by atoms with Gasteiger partial charge >= 0.3 is 5.97 Å². The van der Waals surface area contributed by atoms with Crippen LogP contribution in [-0.4, -0.2) is 23.3 Å². The fraction of sp³-hybridized carbons (Fsp3) is 0.423. The minimum Gasteiger partial charge on any atom is -0.507 e. The van der Waals surface area contributed by atoms with Gasteiger partial charge in [-0.2, -0.15) is 0 Å². The predicted molar refractivity (Wildman–Crippen MR) is 122 cm³/mol. The lowest BCUT2D eigenvalue weighted by Gasteiger charge is -2.18. The number of benzene rings is 2. The fourth-order valence-corrected chi connectivity index (χ4v) is 3.71. The molecule has 0 fully saturated rings. The molecule has 0 radical (unpaired) electrons. The third-order valence-electron chi connectivity index (χ3n) is 5.51. The molecule has 0 unspecified atom stereocenters. The second kappa shape index (κ2) is 11.4. The van der Waals surface area contributed by atoms with Crippen molar-refractivity contribution in [2.24, 2.45) is 5.92 Å². The Kier molecular flexibility index (Phi) is 8.97. The summed E-state index contributed by atoms with van der Waals surface area (Å²) >= 11 is 0. The average molecular weight is 411 g/mol. The number of phenols is 1. The molecule has 0 amide bonds. The minimum atomic E-state index is -1.10. The van der Waals surface area contributed by atoms with Gasteiger partial charge in [0.05, 0.1) is 7.11 Å². The van der Waals surface area contributed by atoms with Gasteiger partial charge in [-0.25, -0.2) is 4.79 Å². The smallest absolute Gasteiger partial charge is 0.339 e. The number of methoxy groups -OCH3 is 1. The van der Waals surface area contributed by atoms with Crippen LogP contribution in [0.25, 0.3) is 0 Å². The number of ether oxygens (including phenoxy) is 1. The Labute approximate surface area is 180 Å². The Balaban J connectivity index is 2.21. The standard InChI is InChI=1S/C26H34O4/c1-18(2)9-8-10-19(3)13-16-22-23(30-4)17-21(24(25(22)27)26(28)29)15-14-20-11-6-5-7-12-20/h5-7,9,11-12,17,19,27H,8,10,13-16H2,1-4H3,(H,28,29)/t19-/m1/s1. The highest BCUT2D eigenvalue weighted by molar-refractivity contribution is 5.93. The number of hydrogen-bond acceptors (Lipinski definition) is 3. The zero-order valence-corrected chi connectivity index (χ0v) is 18.6. The highest BCUT2D eigenvalue weighted by Crippen LogP contribution is 2.37. The molecule has 162 valence electrons. The zero-order chi connectivity index (χ0) is 22.1. The van der Waals surface area contributed by atoms with Crippen molar-refractivity contribution in [3.63, 3.8) is 0 Å². The fourth-order valence-electron chi connectivity index (χ4n) is 3.71. The quantitative estimate of drug-likeness (QED) is 0.433. The summed E-state index contributed by atoms with van der Waals surface area (Å²) < 4.78 is 5.54. The van der Waals surface area contributed by atoms with Gasteiger partial charge < -0.3 is 14.9 Å². The van der Waals surface area contributed by atoms with Gasteiger partial charge in [0.2, 0.25) is 0 Å². The van der Waals surface area contributed by atoms with Crippen molar-refractivity contribution in [1.82, 2.24) is 0 Å². The maximum absolute atomic E-state index is 11.9. The number of carboxylic acid groups (broad SMARTS) is 1. The lowest BCUT2D eigenvalue weighted by Crippen LogP contribution is -2.09. The van der Waals surface area contributed by atoms with E-state index in [1.807, 2.05) is 30.3 Å². The first kappa shape index (κ1) is 23.5. The maximum Gasteiger partial charge on any atom is 0.339 e. The predicted octanol–water partition coefficient (Wildman–Crippen LogP) is 6.20. The van der Waals surface area contributed by atoms with Crippen LogP contribution in [0.15, 0.2) is 48.0 Å². The minimum absolute atomic E-state index is 0.000995. The van der Waals surface area contributed by atoms with Crippen molar-refractivity contribution in [1.29, 1.82) is 0 Å². The molecule has 2 aromatic carbocycles. The van der Waals surface area contributed by atoms with Gasteiger partial charge in [0, 0.05) is 5.56 Å². The molecule has 30 heavy (non-hydrogen) atoms. The second-order valence-corrected chi connectivity index (χ2v) is 8.23. The first-order valence-corrected chi connectivity index (χ1v) is 10.7. The summed E-state index contributed by atoms with van der Waals surface area (Å²) in [5, 5.41) is 20.6. The molecule has 0 saturated carbocycles. The van der Waals surface area contributed by atoms with Gasteiger partial charge in [0.25, 0.3) is 0 Å². The highest BCUT2D eigenvalue weighted by atomic mass is 16.5. The molecule has 2 aromatic rings. The molecule has 2 N–H and O–H groups in total. The summed E-state index contributed by atoms with van der Waals surface area (Å²) in [7, 11) is 1.57. The second-order valence-electron chi connectivity index (χ2n) is 8.23. The number of aromatic hydroxyl groups is 1. The van der Waals surface area contributed by atoms with E-state index in [0.29, 0.717) is 42.1 Å². The molecule has 2 rings (SSSR count). The summed E-state index contributed by atoms with van der Waals surface area (Å²) in [6, 6.07) is 11.7. The van der Waals surface area contributed by atoms with E-state index >= 15 is 0 Å². The summed E-state index contributed by atoms with van der Waals surface area (Å²) in [4.78, 5) is 11.9. The number of rotatable bonds is 11. The van der Waals surface area contributed by atoms with Crippen molar-refractivity contribution in [3.05, 3.63) is 70.3 Å². The Morgan fingerprint density at radius 2 is 1.80 bits per heavy atom. The van der Waals surface area contributed by atoms with Crippen molar-refractivity contribution >= 4 is 5.97 Å². The molecule has 4 nitrogen and oxygen atoms in total. The zero-order valence-electron chi connectivity index (χ0n) is 18.6. The van der Waals surface area contributed by atoms with Gasteiger partial charge in [0.15, 0.2) is 0 Å².